The summed E-state index contributed by atoms with van der Waals surface area (Å²) in [7, 11) is -7.42. The van der Waals surface area contributed by atoms with Gasteiger partial charge in [0, 0.05) is 0 Å². The second-order valence-electron chi connectivity index (χ2n) is 5.61. The van der Waals surface area contributed by atoms with Crippen LogP contribution in [0, 0.1) is 0 Å². The standard InChI is InChI=1S/C18H18O10S2/c1-25-17(19)15(27-29(21,22)13-9-5-3-6-10-13)16(18(20)26-2)28-30(23,24)14-11-7-4-8-12-14/h3-12,15-16H,1-2H3. The van der Waals surface area contributed by atoms with Gasteiger partial charge in [-0.15, -0.1) is 0 Å². The van der Waals surface area contributed by atoms with Crippen molar-refractivity contribution in [3.05, 3.63) is 60.7 Å². The number of carbonyl (C=O) groups excluding carboxylic acids is 2. The number of hydrogen-bond donors (Lipinski definition) is 0. The van der Waals surface area contributed by atoms with Gasteiger partial charge in [0.25, 0.3) is 20.2 Å². The van der Waals surface area contributed by atoms with E-state index in [1.807, 2.05) is 0 Å². The highest BCUT2D eigenvalue weighted by Crippen LogP contribution is 2.22. The number of carbonyl (C=O) groups is 2. The van der Waals surface area contributed by atoms with Gasteiger partial charge in [0.2, 0.25) is 12.2 Å². The van der Waals surface area contributed by atoms with Crippen molar-refractivity contribution >= 4 is 32.2 Å². The maximum absolute atomic E-state index is 12.5. The Balaban J connectivity index is 2.46. The predicted octanol–water partition coefficient (Wildman–Crippen LogP) is 0.881. The smallest absolute Gasteiger partial charge is 0.340 e. The Morgan fingerprint density at radius 3 is 1.20 bits per heavy atom. The average molecular weight is 458 g/mol. The first-order valence-corrected chi connectivity index (χ1v) is 11.1. The van der Waals surface area contributed by atoms with E-state index in [0.717, 1.165) is 14.2 Å². The first kappa shape index (κ1) is 23.5. The highest BCUT2D eigenvalue weighted by Gasteiger charge is 2.44. The molecular formula is C18H18O10S2. The lowest BCUT2D eigenvalue weighted by Gasteiger charge is -2.22. The molecule has 0 aliphatic rings. The van der Waals surface area contributed by atoms with Crippen LogP contribution < -0.4 is 0 Å². The molecule has 2 atom stereocenters. The van der Waals surface area contributed by atoms with Crippen molar-refractivity contribution in [2.24, 2.45) is 0 Å². The Kier molecular flexibility index (Phi) is 7.67. The minimum atomic E-state index is -4.61. The van der Waals surface area contributed by atoms with Crippen LogP contribution in [0.15, 0.2) is 70.5 Å². The van der Waals surface area contributed by atoms with E-state index in [1.165, 1.54) is 48.5 Å². The zero-order valence-corrected chi connectivity index (χ0v) is 17.5. The number of rotatable bonds is 9. The summed E-state index contributed by atoms with van der Waals surface area (Å²) in [6.45, 7) is 0. The summed E-state index contributed by atoms with van der Waals surface area (Å²) in [5, 5.41) is 0. The maximum atomic E-state index is 12.5. The lowest BCUT2D eigenvalue weighted by atomic mass is 10.2. The summed E-state index contributed by atoms with van der Waals surface area (Å²) in [6, 6.07) is 13.4. The van der Waals surface area contributed by atoms with E-state index >= 15 is 0 Å². The SMILES string of the molecule is COC(=O)C(OS(=O)(=O)c1ccccc1)C(OS(=O)(=O)c1ccccc1)C(=O)OC. The van der Waals surface area contributed by atoms with Crippen molar-refractivity contribution < 1.29 is 44.3 Å². The minimum absolute atomic E-state index is 0.339. The molecule has 12 heteroatoms. The Bertz CT molecular complexity index is 991. The monoisotopic (exact) mass is 458 g/mol. The molecule has 0 aliphatic heterocycles. The van der Waals surface area contributed by atoms with Crippen molar-refractivity contribution in [1.29, 1.82) is 0 Å². The van der Waals surface area contributed by atoms with Crippen LogP contribution in [-0.2, 0) is 47.7 Å². The van der Waals surface area contributed by atoms with Crippen LogP contribution in [0.3, 0.4) is 0 Å². The first-order valence-electron chi connectivity index (χ1n) is 8.24. The molecule has 2 aromatic carbocycles. The highest BCUT2D eigenvalue weighted by molar-refractivity contribution is 7.87. The van der Waals surface area contributed by atoms with Crippen molar-refractivity contribution in [3.63, 3.8) is 0 Å². The van der Waals surface area contributed by atoms with Crippen LogP contribution in [0.1, 0.15) is 0 Å². The molecule has 2 aromatic rings. The molecule has 2 rings (SSSR count). The summed E-state index contributed by atoms with van der Waals surface area (Å²) >= 11 is 0. The van der Waals surface area contributed by atoms with E-state index in [1.54, 1.807) is 12.1 Å². The Labute approximate surface area is 173 Å². The number of hydrogen-bond acceptors (Lipinski definition) is 10. The fraction of sp³-hybridized carbons (Fsp3) is 0.222. The molecule has 0 saturated carbocycles. The molecule has 30 heavy (non-hydrogen) atoms. The van der Waals surface area contributed by atoms with E-state index in [4.69, 9.17) is 8.37 Å². The maximum Gasteiger partial charge on any atom is 0.340 e. The van der Waals surface area contributed by atoms with E-state index < -0.39 is 44.4 Å². The van der Waals surface area contributed by atoms with Crippen molar-refractivity contribution in [3.8, 4) is 0 Å². The average Bonchev–Trinajstić information content (AvgIpc) is 2.76. The van der Waals surface area contributed by atoms with Crippen LogP contribution in [0.5, 0.6) is 0 Å². The van der Waals surface area contributed by atoms with Crippen LogP contribution in [0.2, 0.25) is 0 Å². The van der Waals surface area contributed by atoms with Gasteiger partial charge in [-0.1, -0.05) is 36.4 Å². The molecule has 0 N–H and O–H groups in total. The molecule has 0 heterocycles. The van der Waals surface area contributed by atoms with Gasteiger partial charge in [-0.25, -0.2) is 18.0 Å². The zero-order chi connectivity index (χ0) is 22.4. The third-order valence-electron chi connectivity index (χ3n) is 3.67. The van der Waals surface area contributed by atoms with E-state index in [0.29, 0.717) is 0 Å². The third-order valence-corrected chi connectivity index (χ3v) is 6.29. The van der Waals surface area contributed by atoms with Gasteiger partial charge in [-0.05, 0) is 24.3 Å². The molecule has 0 amide bonds. The lowest BCUT2D eigenvalue weighted by Crippen LogP contribution is -2.46. The molecular weight excluding hydrogens is 440 g/mol. The van der Waals surface area contributed by atoms with Gasteiger partial charge in [-0.3, -0.25) is 0 Å². The third kappa shape index (κ3) is 5.63. The second-order valence-corrected chi connectivity index (χ2v) is 8.76. The molecule has 162 valence electrons. The topological polar surface area (TPSA) is 139 Å². The van der Waals surface area contributed by atoms with Gasteiger partial charge in [-0.2, -0.15) is 16.8 Å². The molecule has 0 spiro atoms. The van der Waals surface area contributed by atoms with Gasteiger partial charge in [0.05, 0.1) is 24.0 Å². The Hall–Kier alpha value is -2.80. The zero-order valence-electron chi connectivity index (χ0n) is 15.8. The Morgan fingerprint density at radius 1 is 0.633 bits per heavy atom. The summed E-state index contributed by atoms with van der Waals surface area (Å²) < 4.78 is 68.8. The van der Waals surface area contributed by atoms with Crippen molar-refractivity contribution in [2.45, 2.75) is 22.0 Å². The molecule has 0 radical (unpaired) electrons. The Morgan fingerprint density at radius 2 is 0.933 bits per heavy atom. The van der Waals surface area contributed by atoms with Gasteiger partial charge >= 0.3 is 11.9 Å². The molecule has 0 fully saturated rings. The van der Waals surface area contributed by atoms with E-state index in [9.17, 15) is 26.4 Å². The molecule has 0 bridgehead atoms. The molecule has 0 saturated heterocycles. The molecule has 0 aromatic heterocycles. The summed E-state index contributed by atoms with van der Waals surface area (Å²) in [5.74, 6) is -2.73. The van der Waals surface area contributed by atoms with Crippen LogP contribution in [-0.4, -0.2) is 55.2 Å². The normalized spacial score (nSPS) is 13.8. The number of methoxy groups -OCH3 is 2. The summed E-state index contributed by atoms with van der Waals surface area (Å²) in [4.78, 5) is 23.7. The lowest BCUT2D eigenvalue weighted by molar-refractivity contribution is -0.165. The van der Waals surface area contributed by atoms with E-state index in [2.05, 4.69) is 9.47 Å². The van der Waals surface area contributed by atoms with Crippen molar-refractivity contribution in [1.82, 2.24) is 0 Å². The van der Waals surface area contributed by atoms with Gasteiger partial charge in [0.15, 0.2) is 0 Å². The molecule has 2 unspecified atom stereocenters. The van der Waals surface area contributed by atoms with Gasteiger partial charge < -0.3 is 9.47 Å². The summed E-state index contributed by atoms with van der Waals surface area (Å²) in [6.07, 6.45) is -4.60. The van der Waals surface area contributed by atoms with Crippen LogP contribution >= 0.6 is 0 Å². The number of ether oxygens (including phenoxy) is 2. The first-order chi connectivity index (χ1) is 14.1. The number of benzene rings is 2. The minimum Gasteiger partial charge on any atom is -0.467 e. The fourth-order valence-corrected chi connectivity index (χ4v) is 4.33. The van der Waals surface area contributed by atoms with Crippen LogP contribution in [0.25, 0.3) is 0 Å². The second kappa shape index (κ2) is 9.80. The van der Waals surface area contributed by atoms with E-state index in [-0.39, 0.29) is 9.79 Å². The largest absolute Gasteiger partial charge is 0.467 e. The molecule has 0 aliphatic carbocycles. The predicted molar refractivity (Wildman–Crippen MR) is 101 cm³/mol. The number of esters is 2. The summed E-state index contributed by atoms with van der Waals surface area (Å²) in [5.41, 5.74) is 0. The quantitative estimate of drug-likeness (QED) is 0.393. The van der Waals surface area contributed by atoms with Crippen LogP contribution in [0.4, 0.5) is 0 Å². The highest BCUT2D eigenvalue weighted by atomic mass is 32.2. The van der Waals surface area contributed by atoms with Crippen molar-refractivity contribution in [2.75, 3.05) is 14.2 Å². The fourth-order valence-electron chi connectivity index (χ4n) is 2.22. The van der Waals surface area contributed by atoms with Gasteiger partial charge in [0.1, 0.15) is 0 Å². The molecule has 10 nitrogen and oxygen atoms in total.